The largest absolute Gasteiger partial charge is 0.481 e. The Morgan fingerprint density at radius 2 is 1.95 bits per heavy atom. The van der Waals surface area contributed by atoms with Crippen LogP contribution >= 0.6 is 0 Å². The number of piperidine rings is 1. The Bertz CT molecular complexity index is 636. The van der Waals surface area contributed by atoms with Gasteiger partial charge in [0.2, 0.25) is 5.91 Å². The number of hydrogen-bond donors (Lipinski definition) is 1. The molecule has 0 radical (unpaired) electrons. The van der Waals surface area contributed by atoms with Crippen LogP contribution in [0.3, 0.4) is 0 Å². The van der Waals surface area contributed by atoms with Crippen LogP contribution in [0.5, 0.6) is 0 Å². The van der Waals surface area contributed by atoms with Crippen LogP contribution in [-0.4, -0.2) is 17.0 Å². The minimum Gasteiger partial charge on any atom is -0.481 e. The van der Waals surface area contributed by atoms with Gasteiger partial charge >= 0.3 is 5.97 Å². The molecule has 1 aromatic carbocycles. The highest BCUT2D eigenvalue weighted by molar-refractivity contribution is 5.96. The van der Waals surface area contributed by atoms with Gasteiger partial charge in [-0.2, -0.15) is 0 Å². The predicted octanol–water partition coefficient (Wildman–Crippen LogP) is 2.85. The van der Waals surface area contributed by atoms with E-state index in [9.17, 15) is 14.7 Å². The van der Waals surface area contributed by atoms with E-state index in [0.717, 1.165) is 0 Å². The number of furan rings is 1. The lowest BCUT2D eigenvalue weighted by atomic mass is 9.86. The molecular weight excluding hydrogens is 270 g/mol. The zero-order chi connectivity index (χ0) is 14.8. The topological polar surface area (TPSA) is 70.8 Å². The molecule has 1 aliphatic rings. The molecule has 5 nitrogen and oxygen atoms in total. The monoisotopic (exact) mass is 285 g/mol. The number of carbonyl (C=O) groups is 2. The molecule has 21 heavy (non-hydrogen) atoms. The van der Waals surface area contributed by atoms with E-state index in [4.69, 9.17) is 4.42 Å². The van der Waals surface area contributed by atoms with E-state index >= 15 is 0 Å². The number of aliphatic carboxylic acids is 1. The summed E-state index contributed by atoms with van der Waals surface area (Å²) in [5.41, 5.74) is 0.690. The Morgan fingerprint density at radius 3 is 2.57 bits per heavy atom. The molecular formula is C16H15NO4. The highest BCUT2D eigenvalue weighted by Gasteiger charge is 2.42. The Kier molecular flexibility index (Phi) is 3.48. The Labute approximate surface area is 121 Å². The van der Waals surface area contributed by atoms with Gasteiger partial charge in [-0.25, -0.2) is 0 Å². The first-order valence-corrected chi connectivity index (χ1v) is 6.82. The minimum absolute atomic E-state index is 0.0832. The number of hydrogen-bond acceptors (Lipinski definition) is 3. The molecule has 0 saturated carbocycles. The number of rotatable bonds is 3. The molecule has 1 N–H and O–H groups in total. The number of carboxylic acid groups (broad SMARTS) is 1. The van der Waals surface area contributed by atoms with Crippen molar-refractivity contribution in [3.8, 4) is 0 Å². The third-order valence-electron chi connectivity index (χ3n) is 3.78. The summed E-state index contributed by atoms with van der Waals surface area (Å²) in [5, 5.41) is 9.48. The number of carboxylic acids is 1. The van der Waals surface area contributed by atoms with E-state index in [2.05, 4.69) is 0 Å². The van der Waals surface area contributed by atoms with Crippen molar-refractivity contribution in [1.82, 2.24) is 0 Å². The molecule has 3 rings (SSSR count). The molecule has 0 spiro atoms. The molecule has 2 heterocycles. The van der Waals surface area contributed by atoms with E-state index in [-0.39, 0.29) is 12.3 Å². The van der Waals surface area contributed by atoms with Gasteiger partial charge in [0.15, 0.2) is 0 Å². The standard InChI is InChI=1S/C16H15NO4/c18-14-9-8-12(16(19)20)15(13-7-4-10-21-13)17(14)11-5-2-1-3-6-11/h1-7,10,12,15H,8-9H2,(H,19,20). The van der Waals surface area contributed by atoms with E-state index < -0.39 is 17.9 Å². The highest BCUT2D eigenvalue weighted by atomic mass is 16.4. The minimum atomic E-state index is -0.912. The molecule has 0 bridgehead atoms. The maximum Gasteiger partial charge on any atom is 0.309 e. The number of anilines is 1. The summed E-state index contributed by atoms with van der Waals surface area (Å²) in [7, 11) is 0. The van der Waals surface area contributed by atoms with Gasteiger partial charge in [0, 0.05) is 12.1 Å². The van der Waals surface area contributed by atoms with Gasteiger partial charge < -0.3 is 14.4 Å². The summed E-state index contributed by atoms with van der Waals surface area (Å²) in [6, 6.07) is 11.9. The second-order valence-electron chi connectivity index (χ2n) is 5.04. The first-order valence-electron chi connectivity index (χ1n) is 6.82. The van der Waals surface area contributed by atoms with Crippen molar-refractivity contribution in [3.05, 3.63) is 54.5 Å². The second kappa shape index (κ2) is 5.44. The maximum atomic E-state index is 12.4. The van der Waals surface area contributed by atoms with E-state index in [1.54, 1.807) is 29.2 Å². The summed E-state index contributed by atoms with van der Waals surface area (Å²) < 4.78 is 5.40. The van der Waals surface area contributed by atoms with Crippen LogP contribution in [0, 0.1) is 5.92 Å². The van der Waals surface area contributed by atoms with Crippen molar-refractivity contribution in [1.29, 1.82) is 0 Å². The van der Waals surface area contributed by atoms with Gasteiger partial charge in [-0.15, -0.1) is 0 Å². The van der Waals surface area contributed by atoms with Crippen LogP contribution < -0.4 is 4.90 Å². The quantitative estimate of drug-likeness (QED) is 0.941. The summed E-state index contributed by atoms with van der Waals surface area (Å²) in [5.74, 6) is -1.17. The van der Waals surface area contributed by atoms with Crippen LogP contribution in [0.4, 0.5) is 5.69 Å². The Morgan fingerprint density at radius 1 is 1.19 bits per heavy atom. The fraction of sp³-hybridized carbons (Fsp3) is 0.250. The first-order chi connectivity index (χ1) is 10.2. The van der Waals surface area contributed by atoms with Crippen LogP contribution in [0.15, 0.2) is 53.1 Å². The summed E-state index contributed by atoms with van der Waals surface area (Å²) in [4.78, 5) is 25.5. The molecule has 1 amide bonds. The molecule has 1 aliphatic heterocycles. The molecule has 1 saturated heterocycles. The van der Waals surface area contributed by atoms with Gasteiger partial charge in [-0.05, 0) is 30.7 Å². The van der Waals surface area contributed by atoms with Crippen molar-refractivity contribution in [2.45, 2.75) is 18.9 Å². The maximum absolute atomic E-state index is 12.4. The van der Waals surface area contributed by atoms with E-state index in [1.807, 2.05) is 18.2 Å². The number of amides is 1. The fourth-order valence-electron chi connectivity index (χ4n) is 2.83. The molecule has 2 atom stereocenters. The molecule has 5 heteroatoms. The van der Waals surface area contributed by atoms with Crippen LogP contribution in [-0.2, 0) is 9.59 Å². The van der Waals surface area contributed by atoms with Crippen molar-refractivity contribution >= 4 is 17.6 Å². The SMILES string of the molecule is O=C(O)C1CCC(=O)N(c2ccccc2)C1c1ccco1. The van der Waals surface area contributed by atoms with Crippen LogP contribution in [0.2, 0.25) is 0 Å². The Balaban J connectivity index is 2.08. The molecule has 1 fully saturated rings. The van der Waals surface area contributed by atoms with Crippen molar-refractivity contribution < 1.29 is 19.1 Å². The molecule has 108 valence electrons. The van der Waals surface area contributed by atoms with Crippen LogP contribution in [0.1, 0.15) is 24.6 Å². The van der Waals surface area contributed by atoms with E-state index in [0.29, 0.717) is 17.9 Å². The average molecular weight is 285 g/mol. The molecule has 1 aromatic heterocycles. The van der Waals surface area contributed by atoms with Crippen LogP contribution in [0.25, 0.3) is 0 Å². The predicted molar refractivity (Wildman–Crippen MR) is 75.7 cm³/mol. The number of benzene rings is 1. The summed E-state index contributed by atoms with van der Waals surface area (Å²) in [6.45, 7) is 0. The number of carbonyl (C=O) groups excluding carboxylic acids is 1. The summed E-state index contributed by atoms with van der Waals surface area (Å²) in [6.07, 6.45) is 2.04. The second-order valence-corrected chi connectivity index (χ2v) is 5.04. The smallest absolute Gasteiger partial charge is 0.309 e. The zero-order valence-electron chi connectivity index (χ0n) is 11.3. The zero-order valence-corrected chi connectivity index (χ0v) is 11.3. The lowest BCUT2D eigenvalue weighted by Crippen LogP contribution is -2.45. The highest BCUT2D eigenvalue weighted by Crippen LogP contribution is 2.40. The lowest BCUT2D eigenvalue weighted by molar-refractivity contribution is -0.144. The van der Waals surface area contributed by atoms with Gasteiger partial charge in [0.05, 0.1) is 12.2 Å². The first kappa shape index (κ1) is 13.4. The van der Waals surface area contributed by atoms with Crippen molar-refractivity contribution in [2.75, 3.05) is 4.90 Å². The molecule has 2 unspecified atom stereocenters. The lowest BCUT2D eigenvalue weighted by Gasteiger charge is -2.38. The van der Waals surface area contributed by atoms with E-state index in [1.165, 1.54) is 6.26 Å². The van der Waals surface area contributed by atoms with Crippen molar-refractivity contribution in [3.63, 3.8) is 0 Å². The van der Waals surface area contributed by atoms with Gasteiger partial charge in [-0.1, -0.05) is 18.2 Å². The van der Waals surface area contributed by atoms with Gasteiger partial charge in [0.1, 0.15) is 11.8 Å². The fourth-order valence-corrected chi connectivity index (χ4v) is 2.83. The molecule has 0 aliphatic carbocycles. The average Bonchev–Trinajstić information content (AvgIpc) is 3.01. The number of nitrogens with zero attached hydrogens (tertiary/aromatic N) is 1. The molecule has 2 aromatic rings. The van der Waals surface area contributed by atoms with Gasteiger partial charge in [-0.3, -0.25) is 9.59 Å². The third-order valence-corrected chi connectivity index (χ3v) is 3.78. The summed E-state index contributed by atoms with van der Waals surface area (Å²) >= 11 is 0. The van der Waals surface area contributed by atoms with Crippen molar-refractivity contribution in [2.24, 2.45) is 5.92 Å². The third kappa shape index (κ3) is 2.42. The van der Waals surface area contributed by atoms with Gasteiger partial charge in [0.25, 0.3) is 0 Å². The number of para-hydroxylation sites is 1. The Hall–Kier alpha value is -2.56. The normalized spacial score (nSPS) is 22.3.